The van der Waals surface area contributed by atoms with Gasteiger partial charge in [0.05, 0.1) is 17.5 Å². The minimum atomic E-state index is -4.58. The quantitative estimate of drug-likeness (QED) is 0.298. The number of aryl methyl sites for hydroxylation is 1. The number of hydrogen-bond acceptors (Lipinski definition) is 4. The van der Waals surface area contributed by atoms with Gasteiger partial charge >= 0.3 is 6.18 Å². The number of aromatic nitrogens is 4. The lowest BCUT2D eigenvalue weighted by Gasteiger charge is -2.14. The van der Waals surface area contributed by atoms with E-state index in [2.05, 4.69) is 20.4 Å². The van der Waals surface area contributed by atoms with Crippen molar-refractivity contribution in [1.82, 2.24) is 19.6 Å². The Hall–Kier alpha value is -4.79. The number of nitrogens with one attached hydrogen (secondary N) is 1. The van der Waals surface area contributed by atoms with Crippen LogP contribution in [0.15, 0.2) is 85.5 Å². The van der Waals surface area contributed by atoms with Crippen LogP contribution in [0.25, 0.3) is 28.9 Å². The van der Waals surface area contributed by atoms with E-state index in [1.54, 1.807) is 59.4 Å². The second-order valence-corrected chi connectivity index (χ2v) is 8.39. The minimum absolute atomic E-state index is 0.0353. The highest BCUT2D eigenvalue weighted by atomic mass is 19.4. The van der Waals surface area contributed by atoms with Gasteiger partial charge in [-0.25, -0.2) is 9.50 Å². The summed E-state index contributed by atoms with van der Waals surface area (Å²) in [6.07, 6.45) is 5.27. The van der Waals surface area contributed by atoms with E-state index >= 15 is 0 Å². The van der Waals surface area contributed by atoms with Crippen LogP contribution >= 0.6 is 0 Å². The number of pyridine rings is 1. The lowest BCUT2D eigenvalue weighted by molar-refractivity contribution is -0.137. The van der Waals surface area contributed by atoms with Gasteiger partial charge in [0.25, 0.3) is 5.91 Å². The molecule has 0 saturated heterocycles. The monoisotopic (exact) mass is 499 g/mol. The van der Waals surface area contributed by atoms with Crippen molar-refractivity contribution in [3.8, 4) is 11.1 Å². The van der Waals surface area contributed by atoms with Crippen molar-refractivity contribution in [3.05, 3.63) is 113 Å². The van der Waals surface area contributed by atoms with Gasteiger partial charge in [0, 0.05) is 29.8 Å². The Morgan fingerprint density at radius 1 is 0.946 bits per heavy atom. The number of anilines is 1. The van der Waals surface area contributed by atoms with Crippen molar-refractivity contribution in [2.45, 2.75) is 13.1 Å². The summed E-state index contributed by atoms with van der Waals surface area (Å²) in [6.45, 7) is 1.89. The molecule has 3 aromatic heterocycles. The fourth-order valence-electron chi connectivity index (χ4n) is 3.94. The summed E-state index contributed by atoms with van der Waals surface area (Å²) in [5, 5.41) is 6.92. The molecule has 1 N–H and O–H groups in total. The highest BCUT2D eigenvalue weighted by molar-refractivity contribution is 6.07. The maximum absolute atomic E-state index is 13.6. The molecule has 0 aliphatic rings. The Labute approximate surface area is 210 Å². The zero-order chi connectivity index (χ0) is 26.0. The van der Waals surface area contributed by atoms with E-state index in [4.69, 9.17) is 0 Å². The summed E-state index contributed by atoms with van der Waals surface area (Å²) in [4.78, 5) is 21.5. The average Bonchev–Trinajstić information content (AvgIpc) is 3.30. The Bertz CT molecular complexity index is 1620. The highest BCUT2D eigenvalue weighted by Gasteiger charge is 2.31. The summed E-state index contributed by atoms with van der Waals surface area (Å²) in [7, 11) is 0. The predicted octanol–water partition coefficient (Wildman–Crippen LogP) is 6.54. The molecule has 5 aromatic rings. The Kier molecular flexibility index (Phi) is 6.27. The van der Waals surface area contributed by atoms with Gasteiger partial charge in [-0.15, -0.1) is 0 Å². The predicted molar refractivity (Wildman–Crippen MR) is 136 cm³/mol. The van der Waals surface area contributed by atoms with Crippen LogP contribution in [0.2, 0.25) is 0 Å². The number of carbonyl (C=O) groups excluding carboxylic acids is 1. The molecule has 0 unspecified atom stereocenters. The molecule has 0 atom stereocenters. The van der Waals surface area contributed by atoms with E-state index in [0.717, 1.165) is 17.7 Å². The summed E-state index contributed by atoms with van der Waals surface area (Å²) in [5.41, 5.74) is 3.27. The van der Waals surface area contributed by atoms with Crippen LogP contribution in [0.4, 0.5) is 18.9 Å². The van der Waals surface area contributed by atoms with Crippen LogP contribution in [0.3, 0.4) is 0 Å². The summed E-state index contributed by atoms with van der Waals surface area (Å²) < 4.78 is 42.6. The van der Waals surface area contributed by atoms with E-state index in [1.807, 2.05) is 19.1 Å². The number of nitrogens with zero attached hydrogens (tertiary/aromatic N) is 4. The summed E-state index contributed by atoms with van der Waals surface area (Å²) in [6, 6.07) is 15.6. The van der Waals surface area contributed by atoms with Crippen molar-refractivity contribution in [3.63, 3.8) is 0 Å². The molecule has 3 heterocycles. The molecule has 0 saturated carbocycles. The lowest BCUT2D eigenvalue weighted by Crippen LogP contribution is -2.15. The van der Waals surface area contributed by atoms with Crippen LogP contribution in [-0.2, 0) is 6.18 Å². The van der Waals surface area contributed by atoms with Gasteiger partial charge in [-0.2, -0.15) is 18.3 Å². The molecule has 0 bridgehead atoms. The number of hydrogen-bond donors (Lipinski definition) is 1. The van der Waals surface area contributed by atoms with Crippen molar-refractivity contribution in [1.29, 1.82) is 0 Å². The fourth-order valence-corrected chi connectivity index (χ4v) is 3.94. The molecular weight excluding hydrogens is 479 g/mol. The molecule has 2 aromatic carbocycles. The summed E-state index contributed by atoms with van der Waals surface area (Å²) >= 11 is 0. The first-order valence-electron chi connectivity index (χ1n) is 11.3. The largest absolute Gasteiger partial charge is 0.416 e. The first-order chi connectivity index (χ1) is 17.8. The van der Waals surface area contributed by atoms with Crippen LogP contribution in [0.1, 0.15) is 32.7 Å². The zero-order valence-corrected chi connectivity index (χ0v) is 19.6. The average molecular weight is 499 g/mol. The lowest BCUT2D eigenvalue weighted by atomic mass is 10.0. The number of benzene rings is 2. The van der Waals surface area contributed by atoms with Crippen molar-refractivity contribution < 1.29 is 18.0 Å². The standard InChI is InChI=1S/C28H20F3N5O/c1-18-4-7-25(20(13-18)5-6-24-17-33-26-3-2-10-34-36(24)26)27(37)35-23-15-21(19-8-11-32-12-9-19)14-22(16-23)28(29,30)31/h2-17H,1H3,(H,35,37). The van der Waals surface area contributed by atoms with E-state index < -0.39 is 17.6 Å². The van der Waals surface area contributed by atoms with Crippen molar-refractivity contribution in [2.75, 3.05) is 5.32 Å². The number of alkyl halides is 3. The van der Waals surface area contributed by atoms with E-state index in [0.29, 0.717) is 33.6 Å². The fraction of sp³-hybridized carbons (Fsp3) is 0.0714. The normalized spacial score (nSPS) is 11.8. The van der Waals surface area contributed by atoms with Crippen molar-refractivity contribution in [2.24, 2.45) is 0 Å². The number of rotatable bonds is 5. The van der Waals surface area contributed by atoms with Gasteiger partial charge in [0.1, 0.15) is 0 Å². The number of fused-ring (bicyclic) bond motifs is 1. The maximum atomic E-state index is 13.6. The Morgan fingerprint density at radius 3 is 2.54 bits per heavy atom. The second-order valence-electron chi connectivity index (χ2n) is 8.39. The molecule has 37 heavy (non-hydrogen) atoms. The third-order valence-corrected chi connectivity index (χ3v) is 5.72. The van der Waals surface area contributed by atoms with Gasteiger partial charge in [-0.3, -0.25) is 9.78 Å². The smallest absolute Gasteiger partial charge is 0.322 e. The molecule has 5 rings (SSSR count). The van der Waals surface area contributed by atoms with Gasteiger partial charge in [0.2, 0.25) is 0 Å². The van der Waals surface area contributed by atoms with E-state index in [9.17, 15) is 18.0 Å². The van der Waals surface area contributed by atoms with Gasteiger partial charge < -0.3 is 5.32 Å². The number of halogens is 3. The summed E-state index contributed by atoms with van der Waals surface area (Å²) in [5.74, 6) is -0.532. The zero-order valence-electron chi connectivity index (χ0n) is 19.6. The SMILES string of the molecule is Cc1ccc(C(=O)Nc2cc(-c3ccncc3)cc(C(F)(F)F)c2)c(C=Cc2cnc3cccnn23)c1. The molecule has 184 valence electrons. The Morgan fingerprint density at radius 2 is 1.76 bits per heavy atom. The van der Waals surface area contributed by atoms with Crippen molar-refractivity contribution >= 4 is 29.4 Å². The maximum Gasteiger partial charge on any atom is 0.416 e. The van der Waals surface area contributed by atoms with Gasteiger partial charge in [-0.1, -0.05) is 23.8 Å². The van der Waals surface area contributed by atoms with Crippen LogP contribution in [0, 0.1) is 6.92 Å². The third kappa shape index (κ3) is 5.25. The van der Waals surface area contributed by atoms with Crippen LogP contribution < -0.4 is 5.32 Å². The highest BCUT2D eigenvalue weighted by Crippen LogP contribution is 2.35. The first kappa shape index (κ1) is 23.9. The van der Waals surface area contributed by atoms with Crippen LogP contribution in [0.5, 0.6) is 0 Å². The molecule has 6 nitrogen and oxygen atoms in total. The first-order valence-corrected chi connectivity index (χ1v) is 11.3. The number of imidazole rings is 1. The molecule has 0 radical (unpaired) electrons. The van der Waals surface area contributed by atoms with Crippen LogP contribution in [-0.4, -0.2) is 25.5 Å². The molecule has 0 aliphatic carbocycles. The number of amides is 1. The van der Waals surface area contributed by atoms with Gasteiger partial charge in [0.15, 0.2) is 5.65 Å². The minimum Gasteiger partial charge on any atom is -0.322 e. The molecule has 0 aliphatic heterocycles. The molecule has 0 spiro atoms. The molecule has 0 fully saturated rings. The topological polar surface area (TPSA) is 72.2 Å². The molecular formula is C28H20F3N5O. The molecule has 1 amide bonds. The molecule has 9 heteroatoms. The van der Waals surface area contributed by atoms with E-state index in [-0.39, 0.29) is 5.69 Å². The van der Waals surface area contributed by atoms with E-state index in [1.165, 1.54) is 18.5 Å². The number of carbonyl (C=O) groups is 1. The Balaban J connectivity index is 1.49. The second kappa shape index (κ2) is 9.69. The third-order valence-electron chi connectivity index (χ3n) is 5.72. The van der Waals surface area contributed by atoms with Gasteiger partial charge in [-0.05, 0) is 78.2 Å².